The maximum absolute atomic E-state index is 5.77. The molecule has 1 N–H and O–H groups in total. The normalized spacial score (nSPS) is 10.5. The number of aryl methyl sites for hydroxylation is 2. The van der Waals surface area contributed by atoms with E-state index in [1.54, 1.807) is 0 Å². The van der Waals surface area contributed by atoms with Crippen molar-refractivity contribution in [2.24, 2.45) is 0 Å². The summed E-state index contributed by atoms with van der Waals surface area (Å²) in [6.45, 7) is 5.43. The van der Waals surface area contributed by atoms with Gasteiger partial charge >= 0.3 is 0 Å². The van der Waals surface area contributed by atoms with Crippen LogP contribution in [0, 0.1) is 13.8 Å². The summed E-state index contributed by atoms with van der Waals surface area (Å²) >= 11 is 5.77. The fourth-order valence-corrected chi connectivity index (χ4v) is 1.74. The molecular weight excluding hydrogens is 238 g/mol. The summed E-state index contributed by atoms with van der Waals surface area (Å²) in [6, 6.07) is 1.86. The number of hydrogen-bond donors (Lipinski definition) is 1. The third-order valence-electron chi connectivity index (χ3n) is 2.24. The predicted octanol–water partition coefficient (Wildman–Crippen LogP) is 2.06. The monoisotopic (exact) mass is 251 g/mol. The van der Waals surface area contributed by atoms with Crippen molar-refractivity contribution >= 4 is 17.4 Å². The van der Waals surface area contributed by atoms with Gasteiger partial charge in [0.05, 0.1) is 12.7 Å². The molecular formula is C11H14ClN5. The van der Waals surface area contributed by atoms with Crippen molar-refractivity contribution in [2.45, 2.75) is 20.4 Å². The summed E-state index contributed by atoms with van der Waals surface area (Å²) in [5.74, 6) is 0.742. The molecule has 0 unspecified atom stereocenters. The Hall–Kier alpha value is -1.62. The molecule has 0 saturated carbocycles. The number of halogens is 1. The number of aromatic nitrogens is 4. The molecule has 90 valence electrons. The van der Waals surface area contributed by atoms with E-state index >= 15 is 0 Å². The highest BCUT2D eigenvalue weighted by molar-refractivity contribution is 6.28. The van der Waals surface area contributed by atoms with Gasteiger partial charge < -0.3 is 5.32 Å². The summed E-state index contributed by atoms with van der Waals surface area (Å²) in [7, 11) is 0. The first-order valence-electron chi connectivity index (χ1n) is 5.37. The van der Waals surface area contributed by atoms with Crippen LogP contribution in [0.3, 0.4) is 0 Å². The molecule has 0 bridgehead atoms. The molecule has 0 atom stereocenters. The molecule has 2 rings (SSSR count). The van der Waals surface area contributed by atoms with E-state index in [0.29, 0.717) is 0 Å². The van der Waals surface area contributed by atoms with E-state index in [0.717, 1.165) is 30.2 Å². The zero-order valence-electron chi connectivity index (χ0n) is 9.81. The Morgan fingerprint density at radius 3 is 2.82 bits per heavy atom. The summed E-state index contributed by atoms with van der Waals surface area (Å²) < 4.78 is 1.89. The van der Waals surface area contributed by atoms with Crippen LogP contribution < -0.4 is 5.32 Å². The fraction of sp³-hybridized carbons (Fsp3) is 0.364. The minimum atomic E-state index is 0.266. The lowest BCUT2D eigenvalue weighted by Gasteiger charge is -2.06. The molecule has 17 heavy (non-hydrogen) atoms. The molecule has 0 saturated heterocycles. The van der Waals surface area contributed by atoms with Gasteiger partial charge in [-0.1, -0.05) is 0 Å². The van der Waals surface area contributed by atoms with Crippen molar-refractivity contribution < 1.29 is 0 Å². The molecule has 2 aromatic heterocycles. The topological polar surface area (TPSA) is 55.6 Å². The van der Waals surface area contributed by atoms with Crippen LogP contribution in [0.2, 0.25) is 5.28 Å². The van der Waals surface area contributed by atoms with E-state index in [2.05, 4.69) is 20.4 Å². The van der Waals surface area contributed by atoms with E-state index in [1.165, 1.54) is 0 Å². The molecule has 2 aromatic rings. The molecule has 0 aromatic carbocycles. The van der Waals surface area contributed by atoms with Gasteiger partial charge in [0.15, 0.2) is 0 Å². The van der Waals surface area contributed by atoms with Gasteiger partial charge in [0.25, 0.3) is 0 Å². The summed E-state index contributed by atoms with van der Waals surface area (Å²) in [6.07, 6.45) is 3.84. The summed E-state index contributed by atoms with van der Waals surface area (Å²) in [5, 5.41) is 7.65. The van der Waals surface area contributed by atoms with Crippen LogP contribution in [0.4, 0.5) is 5.82 Å². The van der Waals surface area contributed by atoms with Gasteiger partial charge in [-0.2, -0.15) is 5.10 Å². The van der Waals surface area contributed by atoms with Gasteiger partial charge in [-0.15, -0.1) is 0 Å². The van der Waals surface area contributed by atoms with Crippen LogP contribution in [0.25, 0.3) is 0 Å². The molecule has 0 aliphatic rings. The van der Waals surface area contributed by atoms with E-state index in [1.807, 2.05) is 37.0 Å². The lowest BCUT2D eigenvalue weighted by molar-refractivity contribution is 0.636. The Balaban J connectivity index is 1.89. The van der Waals surface area contributed by atoms with E-state index in [9.17, 15) is 0 Å². The first-order chi connectivity index (χ1) is 8.13. The van der Waals surface area contributed by atoms with Gasteiger partial charge in [-0.05, 0) is 31.0 Å². The van der Waals surface area contributed by atoms with Gasteiger partial charge in [0.1, 0.15) is 5.82 Å². The van der Waals surface area contributed by atoms with Crippen LogP contribution in [0.15, 0.2) is 18.5 Å². The molecule has 0 aliphatic heterocycles. The third-order valence-corrected chi connectivity index (χ3v) is 2.41. The number of anilines is 1. The maximum Gasteiger partial charge on any atom is 0.224 e. The molecule has 0 radical (unpaired) electrons. The molecule has 5 nitrogen and oxygen atoms in total. The second-order valence-corrected chi connectivity index (χ2v) is 4.21. The molecule has 6 heteroatoms. The van der Waals surface area contributed by atoms with Gasteiger partial charge in [-0.25, -0.2) is 9.97 Å². The Morgan fingerprint density at radius 1 is 1.35 bits per heavy atom. The number of rotatable bonds is 4. The molecule has 0 fully saturated rings. The highest BCUT2D eigenvalue weighted by atomic mass is 35.5. The quantitative estimate of drug-likeness (QED) is 0.845. The average Bonchev–Trinajstić information content (AvgIpc) is 2.63. The van der Waals surface area contributed by atoms with Crippen molar-refractivity contribution in [3.8, 4) is 0 Å². The van der Waals surface area contributed by atoms with Crippen molar-refractivity contribution in [3.63, 3.8) is 0 Å². The number of hydrogen-bond acceptors (Lipinski definition) is 4. The summed E-state index contributed by atoms with van der Waals surface area (Å²) in [4.78, 5) is 8.08. The lowest BCUT2D eigenvalue weighted by atomic mass is 10.4. The minimum absolute atomic E-state index is 0.266. The third kappa shape index (κ3) is 3.42. The SMILES string of the molecule is Cc1cnn(CCNc2cc(C)nc(Cl)n2)c1. The van der Waals surface area contributed by atoms with Gasteiger partial charge in [-0.3, -0.25) is 4.68 Å². The number of nitrogens with zero attached hydrogens (tertiary/aromatic N) is 4. The number of nitrogens with one attached hydrogen (secondary N) is 1. The largest absolute Gasteiger partial charge is 0.368 e. The lowest BCUT2D eigenvalue weighted by Crippen LogP contribution is -2.12. The van der Waals surface area contributed by atoms with E-state index < -0.39 is 0 Å². The zero-order valence-corrected chi connectivity index (χ0v) is 10.6. The zero-order chi connectivity index (χ0) is 12.3. The van der Waals surface area contributed by atoms with Crippen LogP contribution in [-0.2, 0) is 6.54 Å². The molecule has 0 aliphatic carbocycles. The Labute approximate surface area is 105 Å². The minimum Gasteiger partial charge on any atom is -0.368 e. The van der Waals surface area contributed by atoms with Crippen LogP contribution >= 0.6 is 11.6 Å². The standard InChI is InChI=1S/C11H14ClN5/c1-8-6-14-17(7-8)4-3-13-10-5-9(2)15-11(12)16-10/h5-7H,3-4H2,1-2H3,(H,13,15,16). The average molecular weight is 252 g/mol. The Morgan fingerprint density at radius 2 is 2.18 bits per heavy atom. The second kappa shape index (κ2) is 5.14. The van der Waals surface area contributed by atoms with Crippen LogP contribution in [0.1, 0.15) is 11.3 Å². The first-order valence-corrected chi connectivity index (χ1v) is 5.75. The maximum atomic E-state index is 5.77. The first kappa shape index (κ1) is 11.9. The fourth-order valence-electron chi connectivity index (χ4n) is 1.51. The van der Waals surface area contributed by atoms with Crippen LogP contribution in [-0.4, -0.2) is 26.3 Å². The Kier molecular flexibility index (Phi) is 3.58. The van der Waals surface area contributed by atoms with Crippen molar-refractivity contribution in [3.05, 3.63) is 35.0 Å². The molecule has 2 heterocycles. The van der Waals surface area contributed by atoms with Gasteiger partial charge in [0.2, 0.25) is 5.28 Å². The highest BCUT2D eigenvalue weighted by Crippen LogP contribution is 2.09. The Bertz CT molecular complexity index is 488. The van der Waals surface area contributed by atoms with Gasteiger partial charge in [0, 0.05) is 24.5 Å². The molecule has 0 amide bonds. The molecule has 0 spiro atoms. The van der Waals surface area contributed by atoms with E-state index in [-0.39, 0.29) is 5.28 Å². The van der Waals surface area contributed by atoms with Crippen molar-refractivity contribution in [1.29, 1.82) is 0 Å². The van der Waals surface area contributed by atoms with Crippen LogP contribution in [0.5, 0.6) is 0 Å². The van der Waals surface area contributed by atoms with E-state index in [4.69, 9.17) is 11.6 Å². The van der Waals surface area contributed by atoms with Crippen molar-refractivity contribution in [2.75, 3.05) is 11.9 Å². The van der Waals surface area contributed by atoms with Crippen molar-refractivity contribution in [1.82, 2.24) is 19.7 Å². The summed E-state index contributed by atoms with van der Waals surface area (Å²) in [5.41, 5.74) is 2.01. The second-order valence-electron chi connectivity index (χ2n) is 3.87. The highest BCUT2D eigenvalue weighted by Gasteiger charge is 1.99. The smallest absolute Gasteiger partial charge is 0.224 e. The predicted molar refractivity (Wildman–Crippen MR) is 67.2 cm³/mol.